The summed E-state index contributed by atoms with van der Waals surface area (Å²) >= 11 is 0. The standard InChI is InChI=1S/C12H14N2O3/c15-11(16)7-14-12(17)9-1-2-10-6-13-4-3-8(10)5-9/h1-2,5,13H,3-4,6-7H2,(H,14,17)(H,15,16). The van der Waals surface area contributed by atoms with Gasteiger partial charge in [0.2, 0.25) is 0 Å². The number of benzene rings is 1. The van der Waals surface area contributed by atoms with Gasteiger partial charge in [0.15, 0.2) is 0 Å². The molecule has 0 spiro atoms. The van der Waals surface area contributed by atoms with Gasteiger partial charge in [-0.25, -0.2) is 0 Å². The lowest BCUT2D eigenvalue weighted by Crippen LogP contribution is -2.30. The molecule has 1 aliphatic heterocycles. The van der Waals surface area contributed by atoms with Gasteiger partial charge < -0.3 is 15.7 Å². The fourth-order valence-corrected chi connectivity index (χ4v) is 1.88. The largest absolute Gasteiger partial charge is 0.480 e. The van der Waals surface area contributed by atoms with E-state index in [0.29, 0.717) is 5.56 Å². The minimum atomic E-state index is -1.04. The van der Waals surface area contributed by atoms with Crippen molar-refractivity contribution in [2.75, 3.05) is 13.1 Å². The van der Waals surface area contributed by atoms with Crippen LogP contribution in [0.1, 0.15) is 21.5 Å². The Morgan fingerprint density at radius 1 is 1.35 bits per heavy atom. The zero-order valence-corrected chi connectivity index (χ0v) is 9.32. The predicted molar refractivity (Wildman–Crippen MR) is 61.8 cm³/mol. The number of carbonyl (C=O) groups is 2. The average Bonchev–Trinajstić information content (AvgIpc) is 2.35. The molecule has 0 aromatic heterocycles. The van der Waals surface area contributed by atoms with Gasteiger partial charge >= 0.3 is 5.97 Å². The summed E-state index contributed by atoms with van der Waals surface area (Å²) in [5.41, 5.74) is 2.88. The number of aliphatic carboxylic acids is 1. The zero-order valence-electron chi connectivity index (χ0n) is 9.32. The van der Waals surface area contributed by atoms with Gasteiger partial charge in [0.05, 0.1) is 0 Å². The third-order valence-corrected chi connectivity index (χ3v) is 2.76. The lowest BCUT2D eigenvalue weighted by molar-refractivity contribution is -0.135. The molecule has 3 N–H and O–H groups in total. The van der Waals surface area contributed by atoms with E-state index in [0.717, 1.165) is 25.1 Å². The van der Waals surface area contributed by atoms with Crippen LogP contribution in [-0.2, 0) is 17.8 Å². The van der Waals surface area contributed by atoms with Crippen molar-refractivity contribution < 1.29 is 14.7 Å². The maximum Gasteiger partial charge on any atom is 0.322 e. The number of amides is 1. The van der Waals surface area contributed by atoms with Crippen LogP contribution in [0.2, 0.25) is 0 Å². The van der Waals surface area contributed by atoms with Crippen LogP contribution in [-0.4, -0.2) is 30.1 Å². The first-order valence-electron chi connectivity index (χ1n) is 5.49. The van der Waals surface area contributed by atoms with Crippen molar-refractivity contribution in [1.29, 1.82) is 0 Å². The van der Waals surface area contributed by atoms with Gasteiger partial charge in [-0.15, -0.1) is 0 Å². The van der Waals surface area contributed by atoms with Crippen molar-refractivity contribution in [2.45, 2.75) is 13.0 Å². The molecule has 1 aliphatic rings. The Morgan fingerprint density at radius 2 is 2.18 bits per heavy atom. The fourth-order valence-electron chi connectivity index (χ4n) is 1.88. The molecule has 0 aliphatic carbocycles. The highest BCUT2D eigenvalue weighted by Gasteiger charge is 2.12. The molecule has 0 radical (unpaired) electrons. The van der Waals surface area contributed by atoms with Crippen LogP contribution in [0, 0.1) is 0 Å². The molecular formula is C12H14N2O3. The minimum Gasteiger partial charge on any atom is -0.480 e. The summed E-state index contributed by atoms with van der Waals surface area (Å²) in [4.78, 5) is 22.0. The number of carboxylic acids is 1. The number of rotatable bonds is 3. The monoisotopic (exact) mass is 234 g/mol. The summed E-state index contributed by atoms with van der Waals surface area (Å²) < 4.78 is 0. The van der Waals surface area contributed by atoms with Gasteiger partial charge in [0, 0.05) is 12.1 Å². The number of hydrogen-bond donors (Lipinski definition) is 3. The maximum absolute atomic E-state index is 11.6. The van der Waals surface area contributed by atoms with Crippen LogP contribution >= 0.6 is 0 Å². The normalized spacial score (nSPS) is 13.9. The van der Waals surface area contributed by atoms with Gasteiger partial charge in [-0.05, 0) is 36.2 Å². The first-order chi connectivity index (χ1) is 8.16. The van der Waals surface area contributed by atoms with Crippen LogP contribution in [0.5, 0.6) is 0 Å². The number of carboxylic acid groups (broad SMARTS) is 1. The summed E-state index contributed by atoms with van der Waals surface area (Å²) in [5, 5.41) is 14.1. The SMILES string of the molecule is O=C(O)CNC(=O)c1ccc2c(c1)CCNC2. The molecule has 5 heteroatoms. The predicted octanol–water partition coefficient (Wildman–Crippen LogP) is 0.147. The van der Waals surface area contributed by atoms with Gasteiger partial charge in [-0.1, -0.05) is 6.07 Å². The summed E-state index contributed by atoms with van der Waals surface area (Å²) in [6.45, 7) is 1.39. The Morgan fingerprint density at radius 3 is 2.94 bits per heavy atom. The highest BCUT2D eigenvalue weighted by Crippen LogP contribution is 2.15. The number of fused-ring (bicyclic) bond motifs is 1. The summed E-state index contributed by atoms with van der Waals surface area (Å²) in [6.07, 6.45) is 0.898. The molecule has 1 aromatic rings. The summed E-state index contributed by atoms with van der Waals surface area (Å²) in [7, 11) is 0. The highest BCUT2D eigenvalue weighted by molar-refractivity contribution is 5.96. The molecule has 0 fully saturated rings. The van der Waals surface area contributed by atoms with E-state index in [2.05, 4.69) is 10.6 Å². The number of hydrogen-bond acceptors (Lipinski definition) is 3. The van der Waals surface area contributed by atoms with E-state index in [1.54, 1.807) is 6.07 Å². The second-order valence-corrected chi connectivity index (χ2v) is 3.99. The molecule has 90 valence electrons. The van der Waals surface area contributed by atoms with Crippen molar-refractivity contribution in [3.63, 3.8) is 0 Å². The van der Waals surface area contributed by atoms with E-state index in [1.165, 1.54) is 5.56 Å². The van der Waals surface area contributed by atoms with Crippen molar-refractivity contribution in [2.24, 2.45) is 0 Å². The quantitative estimate of drug-likeness (QED) is 0.695. The third-order valence-electron chi connectivity index (χ3n) is 2.76. The smallest absolute Gasteiger partial charge is 0.322 e. The molecule has 0 saturated heterocycles. The van der Waals surface area contributed by atoms with E-state index in [9.17, 15) is 9.59 Å². The van der Waals surface area contributed by atoms with E-state index in [4.69, 9.17) is 5.11 Å². The second kappa shape index (κ2) is 4.97. The molecule has 0 atom stereocenters. The highest BCUT2D eigenvalue weighted by atomic mass is 16.4. The van der Waals surface area contributed by atoms with E-state index in [1.807, 2.05) is 12.1 Å². The summed E-state index contributed by atoms with van der Waals surface area (Å²) in [5.74, 6) is -1.38. The minimum absolute atomic E-state index is 0.339. The molecule has 0 bridgehead atoms. The van der Waals surface area contributed by atoms with Gasteiger partial charge in [0.1, 0.15) is 6.54 Å². The van der Waals surface area contributed by atoms with Crippen molar-refractivity contribution in [1.82, 2.24) is 10.6 Å². The van der Waals surface area contributed by atoms with Crippen molar-refractivity contribution >= 4 is 11.9 Å². The lowest BCUT2D eigenvalue weighted by atomic mass is 9.98. The van der Waals surface area contributed by atoms with E-state index in [-0.39, 0.29) is 12.5 Å². The average molecular weight is 234 g/mol. The molecule has 17 heavy (non-hydrogen) atoms. The number of nitrogens with one attached hydrogen (secondary N) is 2. The van der Waals surface area contributed by atoms with Gasteiger partial charge in [0.25, 0.3) is 5.91 Å². The number of carbonyl (C=O) groups excluding carboxylic acids is 1. The van der Waals surface area contributed by atoms with E-state index >= 15 is 0 Å². The molecule has 2 rings (SSSR count). The van der Waals surface area contributed by atoms with Crippen LogP contribution in [0.3, 0.4) is 0 Å². The lowest BCUT2D eigenvalue weighted by Gasteiger charge is -2.17. The Bertz CT molecular complexity index is 457. The third kappa shape index (κ3) is 2.82. The zero-order chi connectivity index (χ0) is 12.3. The van der Waals surface area contributed by atoms with Crippen LogP contribution in [0.4, 0.5) is 0 Å². The summed E-state index contributed by atoms with van der Waals surface area (Å²) in [6, 6.07) is 5.48. The molecular weight excluding hydrogens is 220 g/mol. The van der Waals surface area contributed by atoms with Crippen LogP contribution in [0.15, 0.2) is 18.2 Å². The first kappa shape index (κ1) is 11.6. The topological polar surface area (TPSA) is 78.4 Å². The van der Waals surface area contributed by atoms with E-state index < -0.39 is 5.97 Å². The second-order valence-electron chi connectivity index (χ2n) is 3.99. The van der Waals surface area contributed by atoms with Crippen molar-refractivity contribution in [3.05, 3.63) is 34.9 Å². The first-order valence-corrected chi connectivity index (χ1v) is 5.49. The Hall–Kier alpha value is -1.88. The van der Waals surface area contributed by atoms with Gasteiger partial charge in [-0.2, -0.15) is 0 Å². The Kier molecular flexibility index (Phi) is 3.39. The molecule has 0 unspecified atom stereocenters. The molecule has 0 saturated carbocycles. The van der Waals surface area contributed by atoms with Crippen LogP contribution in [0.25, 0.3) is 0 Å². The van der Waals surface area contributed by atoms with Gasteiger partial charge in [-0.3, -0.25) is 9.59 Å². The molecule has 5 nitrogen and oxygen atoms in total. The Labute approximate surface area is 98.8 Å². The van der Waals surface area contributed by atoms with Crippen molar-refractivity contribution in [3.8, 4) is 0 Å². The molecule has 1 heterocycles. The molecule has 1 aromatic carbocycles. The van der Waals surface area contributed by atoms with Crippen LogP contribution < -0.4 is 10.6 Å². The maximum atomic E-state index is 11.6. The Balaban J connectivity index is 2.11. The fraction of sp³-hybridized carbons (Fsp3) is 0.333. The molecule has 1 amide bonds.